The van der Waals surface area contributed by atoms with Gasteiger partial charge in [0.15, 0.2) is 0 Å². The molecule has 1 heterocycles. The largest absolute Gasteiger partial charge is 0.491 e. The average molecular weight is 453 g/mol. The van der Waals surface area contributed by atoms with Crippen LogP contribution >= 0.6 is 0 Å². The molecule has 1 aliphatic rings. The lowest BCUT2D eigenvalue weighted by Crippen LogP contribution is -2.47. The SMILES string of the molecule is CN1CCN(C)CCN(CC(O)COc2ccc(C(=O)O)cc2)CCN(CC(=O)O)CC1. The van der Waals surface area contributed by atoms with Crippen LogP contribution in [0.2, 0.25) is 0 Å². The van der Waals surface area contributed by atoms with Crippen molar-refractivity contribution in [2.75, 3.05) is 86.1 Å². The minimum absolute atomic E-state index is 0.000411. The molecule has 180 valence electrons. The van der Waals surface area contributed by atoms with E-state index in [0.717, 1.165) is 32.7 Å². The van der Waals surface area contributed by atoms with E-state index in [-0.39, 0.29) is 18.7 Å². The molecule has 1 fully saturated rings. The highest BCUT2D eigenvalue weighted by molar-refractivity contribution is 5.87. The van der Waals surface area contributed by atoms with Gasteiger partial charge in [-0.3, -0.25) is 14.6 Å². The fourth-order valence-electron chi connectivity index (χ4n) is 3.46. The third kappa shape index (κ3) is 9.92. The molecule has 3 N–H and O–H groups in total. The lowest BCUT2D eigenvalue weighted by molar-refractivity contribution is -0.138. The van der Waals surface area contributed by atoms with E-state index in [1.807, 2.05) is 4.90 Å². The number of aromatic carboxylic acids is 1. The number of aliphatic hydroxyl groups is 1. The van der Waals surface area contributed by atoms with Crippen molar-refractivity contribution in [1.82, 2.24) is 19.6 Å². The second kappa shape index (κ2) is 13.3. The molecule has 0 bridgehead atoms. The van der Waals surface area contributed by atoms with Gasteiger partial charge in [0.1, 0.15) is 18.5 Å². The third-order valence-corrected chi connectivity index (χ3v) is 5.56. The number of rotatable bonds is 8. The standard InChI is InChI=1S/C22H36N4O6/c1-23-7-8-24(2)10-12-26(16-21(28)29)14-13-25(11-9-23)15-19(27)17-32-20-5-3-18(4-6-20)22(30)31/h3-6,19,27H,7-17H2,1-2H3,(H,28,29)(H,30,31). The smallest absolute Gasteiger partial charge is 0.335 e. The molecule has 0 aromatic heterocycles. The number of carboxylic acid groups (broad SMARTS) is 2. The zero-order valence-corrected chi connectivity index (χ0v) is 19.0. The van der Waals surface area contributed by atoms with E-state index in [0.29, 0.717) is 31.9 Å². The Labute approximate surface area is 189 Å². The zero-order valence-electron chi connectivity index (χ0n) is 19.0. The Kier molecular flexibility index (Phi) is 10.8. The van der Waals surface area contributed by atoms with E-state index >= 15 is 0 Å². The number of hydrogen-bond donors (Lipinski definition) is 3. The summed E-state index contributed by atoms with van der Waals surface area (Å²) in [5.74, 6) is -1.34. The van der Waals surface area contributed by atoms with Crippen LogP contribution in [0.15, 0.2) is 24.3 Å². The summed E-state index contributed by atoms with van der Waals surface area (Å²) in [6.45, 7) is 6.65. The Balaban J connectivity index is 1.91. The van der Waals surface area contributed by atoms with Crippen LogP contribution in [0, 0.1) is 0 Å². The van der Waals surface area contributed by atoms with E-state index < -0.39 is 18.0 Å². The van der Waals surface area contributed by atoms with Gasteiger partial charge in [-0.05, 0) is 38.4 Å². The van der Waals surface area contributed by atoms with Crippen molar-refractivity contribution >= 4 is 11.9 Å². The van der Waals surface area contributed by atoms with Crippen LogP contribution in [0.1, 0.15) is 10.4 Å². The molecule has 1 aromatic rings. The highest BCUT2D eigenvalue weighted by Gasteiger charge is 2.18. The normalized spacial score (nSPS) is 19.6. The maximum atomic E-state index is 11.2. The summed E-state index contributed by atoms with van der Waals surface area (Å²) in [5.41, 5.74) is 0.179. The molecule has 1 unspecified atom stereocenters. The Hall–Kier alpha value is -2.24. The van der Waals surface area contributed by atoms with Crippen molar-refractivity contribution < 1.29 is 29.6 Å². The molecule has 0 amide bonds. The number of β-amino-alcohol motifs (C(OH)–C–C–N with tert-alkyl or cyclic N) is 1. The average Bonchev–Trinajstić information content (AvgIpc) is 2.75. The number of likely N-dealkylation sites (N-methyl/N-ethyl adjacent to an activating group) is 2. The van der Waals surface area contributed by atoms with Crippen LogP contribution in [-0.2, 0) is 4.79 Å². The zero-order chi connectivity index (χ0) is 23.5. The highest BCUT2D eigenvalue weighted by atomic mass is 16.5. The first-order valence-electron chi connectivity index (χ1n) is 10.9. The van der Waals surface area contributed by atoms with Gasteiger partial charge in [-0.1, -0.05) is 0 Å². The number of aliphatic carboxylic acids is 1. The molecule has 32 heavy (non-hydrogen) atoms. The van der Waals surface area contributed by atoms with E-state index in [1.165, 1.54) is 12.1 Å². The van der Waals surface area contributed by atoms with E-state index in [1.54, 1.807) is 12.1 Å². The maximum absolute atomic E-state index is 11.2. The first-order valence-corrected chi connectivity index (χ1v) is 10.9. The van der Waals surface area contributed by atoms with Crippen molar-refractivity contribution in [2.45, 2.75) is 6.10 Å². The first kappa shape index (κ1) is 26.0. The Morgan fingerprint density at radius 1 is 0.875 bits per heavy atom. The van der Waals surface area contributed by atoms with Gasteiger partial charge in [-0.15, -0.1) is 0 Å². The van der Waals surface area contributed by atoms with Crippen molar-refractivity contribution in [3.8, 4) is 5.75 Å². The fraction of sp³-hybridized carbons (Fsp3) is 0.636. The summed E-state index contributed by atoms with van der Waals surface area (Å²) in [6, 6.07) is 6.07. The molecule has 1 aliphatic heterocycles. The van der Waals surface area contributed by atoms with E-state index in [2.05, 4.69) is 28.8 Å². The summed E-state index contributed by atoms with van der Waals surface area (Å²) < 4.78 is 5.61. The fourth-order valence-corrected chi connectivity index (χ4v) is 3.46. The number of carboxylic acids is 2. The van der Waals surface area contributed by atoms with Crippen molar-refractivity contribution in [1.29, 1.82) is 0 Å². The molecular formula is C22H36N4O6. The molecule has 10 nitrogen and oxygen atoms in total. The molecule has 2 rings (SSSR count). The Morgan fingerprint density at radius 2 is 1.38 bits per heavy atom. The molecule has 0 spiro atoms. The van der Waals surface area contributed by atoms with Gasteiger partial charge in [0.2, 0.25) is 0 Å². The van der Waals surface area contributed by atoms with Gasteiger partial charge < -0.3 is 29.9 Å². The number of benzene rings is 1. The van der Waals surface area contributed by atoms with Crippen LogP contribution in [0.5, 0.6) is 5.75 Å². The number of ether oxygens (including phenoxy) is 1. The van der Waals surface area contributed by atoms with Gasteiger partial charge in [0.05, 0.1) is 12.1 Å². The summed E-state index contributed by atoms with van der Waals surface area (Å²) in [4.78, 5) is 30.7. The van der Waals surface area contributed by atoms with Crippen molar-refractivity contribution in [2.24, 2.45) is 0 Å². The minimum Gasteiger partial charge on any atom is -0.491 e. The highest BCUT2D eigenvalue weighted by Crippen LogP contribution is 2.12. The monoisotopic (exact) mass is 452 g/mol. The number of aliphatic hydroxyl groups excluding tert-OH is 1. The summed E-state index contributed by atoms with van der Waals surface area (Å²) in [7, 11) is 4.13. The quantitative estimate of drug-likeness (QED) is 0.485. The second-order valence-corrected chi connectivity index (χ2v) is 8.37. The summed E-state index contributed by atoms with van der Waals surface area (Å²) in [6.07, 6.45) is -0.730. The first-order chi connectivity index (χ1) is 15.2. The van der Waals surface area contributed by atoms with Crippen LogP contribution in [0.3, 0.4) is 0 Å². The van der Waals surface area contributed by atoms with Gasteiger partial charge >= 0.3 is 11.9 Å². The van der Waals surface area contributed by atoms with Crippen LogP contribution < -0.4 is 4.74 Å². The van der Waals surface area contributed by atoms with Crippen molar-refractivity contribution in [3.63, 3.8) is 0 Å². The number of hydrogen-bond acceptors (Lipinski definition) is 8. The van der Waals surface area contributed by atoms with Gasteiger partial charge in [0, 0.05) is 58.9 Å². The van der Waals surface area contributed by atoms with Gasteiger partial charge in [-0.2, -0.15) is 0 Å². The second-order valence-electron chi connectivity index (χ2n) is 8.37. The molecule has 1 aromatic carbocycles. The lowest BCUT2D eigenvalue weighted by atomic mass is 10.2. The Morgan fingerprint density at radius 3 is 1.94 bits per heavy atom. The van der Waals surface area contributed by atoms with Crippen LogP contribution in [0.4, 0.5) is 0 Å². The topological polar surface area (TPSA) is 117 Å². The predicted molar refractivity (Wildman–Crippen MR) is 120 cm³/mol. The van der Waals surface area contributed by atoms with Gasteiger partial charge in [0.25, 0.3) is 0 Å². The lowest BCUT2D eigenvalue weighted by Gasteiger charge is -2.32. The maximum Gasteiger partial charge on any atom is 0.335 e. The molecular weight excluding hydrogens is 416 g/mol. The molecule has 10 heteroatoms. The molecule has 0 radical (unpaired) electrons. The van der Waals surface area contributed by atoms with Crippen LogP contribution in [0.25, 0.3) is 0 Å². The van der Waals surface area contributed by atoms with Gasteiger partial charge in [-0.25, -0.2) is 4.79 Å². The summed E-state index contributed by atoms with van der Waals surface area (Å²) in [5, 5.41) is 28.7. The molecule has 0 saturated carbocycles. The third-order valence-electron chi connectivity index (χ3n) is 5.56. The Bertz CT molecular complexity index is 717. The summed E-state index contributed by atoms with van der Waals surface area (Å²) >= 11 is 0. The molecule has 1 atom stereocenters. The van der Waals surface area contributed by atoms with Crippen molar-refractivity contribution in [3.05, 3.63) is 29.8 Å². The minimum atomic E-state index is -1.000. The predicted octanol–water partition coefficient (Wildman–Crippen LogP) is -0.310. The van der Waals surface area contributed by atoms with Crippen LogP contribution in [-0.4, -0.2) is 139 Å². The number of carbonyl (C=O) groups is 2. The van der Waals surface area contributed by atoms with E-state index in [9.17, 15) is 19.8 Å². The molecule has 0 aliphatic carbocycles. The van der Waals surface area contributed by atoms with E-state index in [4.69, 9.17) is 9.84 Å². The number of nitrogens with zero attached hydrogens (tertiary/aromatic N) is 4. The molecule has 1 saturated heterocycles.